The molecule has 3 N–H and O–H groups in total. The van der Waals surface area contributed by atoms with Crippen LogP contribution in [0.4, 0.5) is 0 Å². The van der Waals surface area contributed by atoms with Crippen molar-refractivity contribution in [2.75, 3.05) is 0 Å². The van der Waals surface area contributed by atoms with Gasteiger partial charge < -0.3 is 10.8 Å². The summed E-state index contributed by atoms with van der Waals surface area (Å²) in [5, 5.41) is 8.72. The van der Waals surface area contributed by atoms with Crippen LogP contribution in [-0.4, -0.2) is 16.1 Å². The molecule has 4 heteroatoms. The topological polar surface area (TPSA) is 76.2 Å². The van der Waals surface area contributed by atoms with Gasteiger partial charge in [-0.2, -0.15) is 0 Å². The summed E-state index contributed by atoms with van der Waals surface area (Å²) in [5.41, 5.74) is 6.12. The number of nitrogens with zero attached hydrogens (tertiary/aromatic N) is 1. The van der Waals surface area contributed by atoms with E-state index in [1.165, 1.54) is 12.3 Å². The Morgan fingerprint density at radius 3 is 2.83 bits per heavy atom. The lowest BCUT2D eigenvalue weighted by molar-refractivity contribution is 0.0694. The van der Waals surface area contributed by atoms with Crippen molar-refractivity contribution in [3.8, 4) is 0 Å². The van der Waals surface area contributed by atoms with Crippen molar-refractivity contribution in [1.82, 2.24) is 4.98 Å². The molecule has 0 amide bonds. The van der Waals surface area contributed by atoms with Crippen LogP contribution in [0.3, 0.4) is 0 Å². The van der Waals surface area contributed by atoms with Gasteiger partial charge in [-0.15, -0.1) is 0 Å². The molecule has 1 rings (SSSR count). The average molecular weight is 166 g/mol. The maximum absolute atomic E-state index is 10.6. The van der Waals surface area contributed by atoms with Crippen molar-refractivity contribution in [3.05, 3.63) is 29.6 Å². The molecule has 0 radical (unpaired) electrons. The lowest BCUT2D eigenvalue weighted by Gasteiger charge is -2.06. The lowest BCUT2D eigenvalue weighted by Crippen LogP contribution is -2.13. The number of hydrogen-bond donors (Lipinski definition) is 2. The predicted molar refractivity (Wildman–Crippen MR) is 43.8 cm³/mol. The summed E-state index contributed by atoms with van der Waals surface area (Å²) >= 11 is 0. The molecule has 1 aromatic rings. The summed E-state index contributed by atoms with van der Waals surface area (Å²) in [7, 11) is 0. The third-order valence-corrected chi connectivity index (χ3v) is 1.50. The van der Waals surface area contributed by atoms with Crippen LogP contribution in [0.5, 0.6) is 0 Å². The van der Waals surface area contributed by atoms with Crippen molar-refractivity contribution in [1.29, 1.82) is 0 Å². The van der Waals surface area contributed by atoms with Gasteiger partial charge in [0.15, 0.2) is 0 Å². The second-order valence-corrected chi connectivity index (χ2v) is 2.53. The van der Waals surface area contributed by atoms with Gasteiger partial charge in [0.25, 0.3) is 0 Å². The van der Waals surface area contributed by atoms with E-state index in [2.05, 4.69) is 4.98 Å². The highest BCUT2D eigenvalue weighted by molar-refractivity contribution is 5.88. The summed E-state index contributed by atoms with van der Waals surface area (Å²) < 4.78 is 0. The first kappa shape index (κ1) is 8.67. The zero-order valence-corrected chi connectivity index (χ0v) is 6.69. The van der Waals surface area contributed by atoms with Crippen LogP contribution in [0, 0.1) is 0 Å². The Labute approximate surface area is 70.0 Å². The van der Waals surface area contributed by atoms with E-state index in [-0.39, 0.29) is 11.6 Å². The number of carboxylic acids is 1. The molecule has 0 aliphatic heterocycles. The molecule has 0 saturated heterocycles. The number of pyridine rings is 1. The molecule has 0 aliphatic carbocycles. The van der Waals surface area contributed by atoms with Gasteiger partial charge in [0.1, 0.15) is 0 Å². The van der Waals surface area contributed by atoms with E-state index in [1.807, 2.05) is 0 Å². The fourth-order valence-corrected chi connectivity index (χ4v) is 0.961. The third-order valence-electron chi connectivity index (χ3n) is 1.50. The number of carbonyl (C=O) groups is 1. The summed E-state index contributed by atoms with van der Waals surface area (Å²) in [5.74, 6) is -0.990. The molecule has 0 spiro atoms. The van der Waals surface area contributed by atoms with E-state index in [0.717, 1.165) is 0 Å². The molecule has 0 fully saturated rings. The maximum Gasteiger partial charge on any atom is 0.337 e. The first-order valence-corrected chi connectivity index (χ1v) is 3.56. The van der Waals surface area contributed by atoms with E-state index in [9.17, 15) is 4.79 Å². The largest absolute Gasteiger partial charge is 0.478 e. The van der Waals surface area contributed by atoms with E-state index >= 15 is 0 Å². The van der Waals surface area contributed by atoms with E-state index in [0.29, 0.717) is 5.69 Å². The van der Waals surface area contributed by atoms with Crippen LogP contribution in [0.2, 0.25) is 0 Å². The smallest absolute Gasteiger partial charge is 0.337 e. The second-order valence-electron chi connectivity index (χ2n) is 2.53. The zero-order chi connectivity index (χ0) is 9.14. The molecule has 1 atom stereocenters. The Morgan fingerprint density at radius 1 is 1.75 bits per heavy atom. The number of rotatable bonds is 2. The van der Waals surface area contributed by atoms with Gasteiger partial charge in [0.2, 0.25) is 0 Å². The minimum Gasteiger partial charge on any atom is -0.478 e. The normalized spacial score (nSPS) is 12.5. The van der Waals surface area contributed by atoms with Gasteiger partial charge in [-0.05, 0) is 19.1 Å². The van der Waals surface area contributed by atoms with Gasteiger partial charge in [-0.3, -0.25) is 4.98 Å². The highest BCUT2D eigenvalue weighted by Crippen LogP contribution is 2.11. The van der Waals surface area contributed by atoms with Gasteiger partial charge in [-0.25, -0.2) is 4.79 Å². The highest BCUT2D eigenvalue weighted by Gasteiger charge is 2.12. The van der Waals surface area contributed by atoms with E-state index < -0.39 is 5.97 Å². The minimum absolute atomic E-state index is 0.174. The van der Waals surface area contributed by atoms with Crippen LogP contribution in [0.1, 0.15) is 29.0 Å². The molecule has 1 heterocycles. The van der Waals surface area contributed by atoms with Crippen LogP contribution in [-0.2, 0) is 0 Å². The van der Waals surface area contributed by atoms with Gasteiger partial charge >= 0.3 is 5.97 Å². The number of nitrogens with two attached hydrogens (primary N) is 1. The molecule has 0 aromatic carbocycles. The number of hydrogen-bond acceptors (Lipinski definition) is 3. The monoisotopic (exact) mass is 166 g/mol. The molecule has 1 unspecified atom stereocenters. The van der Waals surface area contributed by atoms with E-state index in [4.69, 9.17) is 10.8 Å². The molecule has 12 heavy (non-hydrogen) atoms. The van der Waals surface area contributed by atoms with Crippen LogP contribution < -0.4 is 5.73 Å². The molecule has 64 valence electrons. The van der Waals surface area contributed by atoms with Crippen molar-refractivity contribution in [3.63, 3.8) is 0 Å². The summed E-state index contributed by atoms with van der Waals surface area (Å²) in [6.45, 7) is 1.70. The fourth-order valence-electron chi connectivity index (χ4n) is 0.961. The molecule has 0 aliphatic rings. The SMILES string of the molecule is CC(N)c1ncccc1C(=O)O. The average Bonchev–Trinajstić information content (AvgIpc) is 2.04. The molecule has 0 bridgehead atoms. The van der Waals surface area contributed by atoms with Crippen molar-refractivity contribution in [2.24, 2.45) is 5.73 Å². The quantitative estimate of drug-likeness (QED) is 0.681. The Morgan fingerprint density at radius 2 is 2.42 bits per heavy atom. The standard InChI is InChI=1S/C8H10N2O2/c1-5(9)7-6(8(11)12)3-2-4-10-7/h2-5H,9H2,1H3,(H,11,12). The predicted octanol–water partition coefficient (Wildman–Crippen LogP) is 0.800. The zero-order valence-electron chi connectivity index (χ0n) is 6.69. The van der Waals surface area contributed by atoms with E-state index in [1.54, 1.807) is 13.0 Å². The minimum atomic E-state index is -0.990. The van der Waals surface area contributed by atoms with Gasteiger partial charge in [0, 0.05) is 12.2 Å². The first-order chi connectivity index (χ1) is 5.63. The lowest BCUT2D eigenvalue weighted by atomic mass is 10.1. The highest BCUT2D eigenvalue weighted by atomic mass is 16.4. The fraction of sp³-hybridized carbons (Fsp3) is 0.250. The Balaban J connectivity index is 3.17. The van der Waals surface area contributed by atoms with Gasteiger partial charge in [-0.1, -0.05) is 0 Å². The van der Waals surface area contributed by atoms with Crippen LogP contribution >= 0.6 is 0 Å². The summed E-state index contributed by atoms with van der Waals surface area (Å²) in [4.78, 5) is 14.5. The molecule has 4 nitrogen and oxygen atoms in total. The van der Waals surface area contributed by atoms with Crippen molar-refractivity contribution < 1.29 is 9.90 Å². The maximum atomic E-state index is 10.6. The Bertz CT molecular complexity index is 297. The Hall–Kier alpha value is -1.42. The Kier molecular flexibility index (Phi) is 2.40. The summed E-state index contributed by atoms with van der Waals surface area (Å²) in [6.07, 6.45) is 1.53. The van der Waals surface area contributed by atoms with Crippen LogP contribution in [0.15, 0.2) is 18.3 Å². The molecular formula is C8H10N2O2. The number of aromatic nitrogens is 1. The number of aromatic carboxylic acids is 1. The van der Waals surface area contributed by atoms with Gasteiger partial charge in [0.05, 0.1) is 11.3 Å². The number of carboxylic acid groups (broad SMARTS) is 1. The van der Waals surface area contributed by atoms with Crippen molar-refractivity contribution >= 4 is 5.97 Å². The molecule has 0 saturated carbocycles. The first-order valence-electron chi connectivity index (χ1n) is 3.56. The molecule has 1 aromatic heterocycles. The summed E-state index contributed by atoms with van der Waals surface area (Å²) in [6, 6.07) is 2.72. The van der Waals surface area contributed by atoms with Crippen LogP contribution in [0.25, 0.3) is 0 Å². The second kappa shape index (κ2) is 3.32. The third kappa shape index (κ3) is 1.60. The molecular weight excluding hydrogens is 156 g/mol. The van der Waals surface area contributed by atoms with Crippen molar-refractivity contribution in [2.45, 2.75) is 13.0 Å².